The van der Waals surface area contributed by atoms with Crippen LogP contribution in [0, 0.1) is 0 Å². The molecule has 0 aromatic rings. The SMILES string of the molecule is C[N+](C)(C)[C@@H]1C=CS(=O)(=O)C1. The Kier molecular flexibility index (Phi) is 1.84. The van der Waals surface area contributed by atoms with Gasteiger partial charge in [-0.15, -0.1) is 0 Å². The first-order valence-corrected chi connectivity index (χ1v) is 5.25. The predicted octanol–water partition coefficient (Wildman–Crippen LogP) is 0.00330. The predicted molar refractivity (Wildman–Crippen MR) is 44.7 cm³/mol. The molecule has 0 unspecified atom stereocenters. The van der Waals surface area contributed by atoms with Gasteiger partial charge in [0.15, 0.2) is 9.84 Å². The summed E-state index contributed by atoms with van der Waals surface area (Å²) in [6.45, 7) is 0. The summed E-state index contributed by atoms with van der Waals surface area (Å²) in [5.74, 6) is 0.260. The van der Waals surface area contributed by atoms with Crippen LogP contribution in [0.3, 0.4) is 0 Å². The van der Waals surface area contributed by atoms with Crippen molar-refractivity contribution in [2.45, 2.75) is 6.04 Å². The van der Waals surface area contributed by atoms with Gasteiger partial charge in [0.2, 0.25) is 0 Å². The van der Waals surface area contributed by atoms with Crippen molar-refractivity contribution in [1.29, 1.82) is 0 Å². The van der Waals surface area contributed by atoms with Crippen LogP contribution in [-0.2, 0) is 9.84 Å². The van der Waals surface area contributed by atoms with Crippen LogP contribution in [0.4, 0.5) is 0 Å². The van der Waals surface area contributed by atoms with Crippen LogP contribution in [-0.4, -0.2) is 45.8 Å². The molecule has 3 nitrogen and oxygen atoms in total. The Labute approximate surface area is 67.8 Å². The summed E-state index contributed by atoms with van der Waals surface area (Å²) in [5, 5.41) is 1.32. The summed E-state index contributed by atoms with van der Waals surface area (Å²) in [4.78, 5) is 0. The molecule has 0 aliphatic carbocycles. The van der Waals surface area contributed by atoms with Gasteiger partial charge < -0.3 is 4.48 Å². The van der Waals surface area contributed by atoms with Gasteiger partial charge in [-0.25, -0.2) is 8.42 Å². The van der Waals surface area contributed by atoms with E-state index in [4.69, 9.17) is 0 Å². The van der Waals surface area contributed by atoms with Crippen LogP contribution in [0.15, 0.2) is 11.5 Å². The first-order valence-electron chi connectivity index (χ1n) is 3.53. The minimum atomic E-state index is -2.87. The lowest BCUT2D eigenvalue weighted by atomic mass is 10.3. The lowest BCUT2D eigenvalue weighted by molar-refractivity contribution is -0.886. The lowest BCUT2D eigenvalue weighted by Crippen LogP contribution is -2.45. The van der Waals surface area contributed by atoms with Crippen molar-refractivity contribution < 1.29 is 12.9 Å². The standard InChI is InChI=1S/C7H14NO2S/c1-8(2,3)7-4-5-11(9,10)6-7/h4-5,7H,6H2,1-3H3/q+1/t7-/m1/s1. The highest BCUT2D eigenvalue weighted by Gasteiger charge is 2.31. The first-order chi connectivity index (χ1) is 4.81. The summed E-state index contributed by atoms with van der Waals surface area (Å²) in [7, 11) is 3.11. The summed E-state index contributed by atoms with van der Waals surface area (Å²) in [6, 6.07) is 0.125. The van der Waals surface area contributed by atoms with Gasteiger partial charge in [0.25, 0.3) is 0 Å². The molecule has 0 spiro atoms. The maximum Gasteiger partial charge on any atom is 0.177 e. The molecule has 11 heavy (non-hydrogen) atoms. The number of rotatable bonds is 1. The summed E-state index contributed by atoms with van der Waals surface area (Å²) in [6.07, 6.45) is 1.77. The Bertz CT molecular complexity index is 271. The van der Waals surface area contributed by atoms with Crippen molar-refractivity contribution in [2.24, 2.45) is 0 Å². The maximum atomic E-state index is 11.0. The normalized spacial score (nSPS) is 29.2. The molecule has 0 amide bonds. The second-order valence-corrected chi connectivity index (χ2v) is 5.77. The smallest absolute Gasteiger partial charge is 0.177 e. The van der Waals surface area contributed by atoms with Gasteiger partial charge in [-0.3, -0.25) is 0 Å². The van der Waals surface area contributed by atoms with Crippen LogP contribution in [0.2, 0.25) is 0 Å². The van der Waals surface area contributed by atoms with Gasteiger partial charge in [-0.05, 0) is 6.08 Å². The van der Waals surface area contributed by atoms with Crippen LogP contribution in [0.5, 0.6) is 0 Å². The number of likely N-dealkylation sites (N-methyl/N-ethyl adjacent to an activating group) is 1. The second kappa shape index (κ2) is 2.32. The molecule has 1 atom stereocenters. The average molecular weight is 176 g/mol. The molecule has 0 saturated heterocycles. The number of hydrogen-bond donors (Lipinski definition) is 0. The third-order valence-electron chi connectivity index (χ3n) is 1.91. The van der Waals surface area contributed by atoms with E-state index < -0.39 is 9.84 Å². The highest BCUT2D eigenvalue weighted by Crippen LogP contribution is 2.15. The Balaban J connectivity index is 2.81. The van der Waals surface area contributed by atoms with E-state index >= 15 is 0 Å². The Morgan fingerprint density at radius 3 is 2.09 bits per heavy atom. The highest BCUT2D eigenvalue weighted by molar-refractivity contribution is 7.94. The Hall–Kier alpha value is -0.350. The molecule has 0 aromatic heterocycles. The zero-order valence-corrected chi connectivity index (χ0v) is 7.93. The van der Waals surface area contributed by atoms with Crippen molar-refractivity contribution in [2.75, 3.05) is 26.9 Å². The van der Waals surface area contributed by atoms with Gasteiger partial charge in [-0.1, -0.05) is 0 Å². The summed E-state index contributed by atoms with van der Waals surface area (Å²) in [5.41, 5.74) is 0. The topological polar surface area (TPSA) is 34.1 Å². The molecule has 1 aliphatic heterocycles. The quantitative estimate of drug-likeness (QED) is 0.527. The fraction of sp³-hybridized carbons (Fsp3) is 0.714. The van der Waals surface area contributed by atoms with E-state index in [-0.39, 0.29) is 11.8 Å². The van der Waals surface area contributed by atoms with Crippen molar-refractivity contribution in [3.05, 3.63) is 11.5 Å². The van der Waals surface area contributed by atoms with E-state index in [9.17, 15) is 8.42 Å². The van der Waals surface area contributed by atoms with E-state index in [2.05, 4.69) is 0 Å². The monoisotopic (exact) mass is 176 g/mol. The third kappa shape index (κ3) is 2.04. The molecule has 4 heteroatoms. The van der Waals surface area contributed by atoms with Crippen molar-refractivity contribution in [1.82, 2.24) is 0 Å². The van der Waals surface area contributed by atoms with Gasteiger partial charge in [0.05, 0.1) is 21.1 Å². The van der Waals surface area contributed by atoms with E-state index in [1.165, 1.54) is 5.41 Å². The minimum Gasteiger partial charge on any atom is -0.324 e. The van der Waals surface area contributed by atoms with E-state index in [0.717, 1.165) is 0 Å². The van der Waals surface area contributed by atoms with Gasteiger partial charge >= 0.3 is 0 Å². The number of hydrogen-bond acceptors (Lipinski definition) is 2. The zero-order valence-electron chi connectivity index (χ0n) is 7.11. The molecule has 0 saturated carbocycles. The molecular weight excluding hydrogens is 162 g/mol. The fourth-order valence-electron chi connectivity index (χ4n) is 1.04. The fourth-order valence-corrected chi connectivity index (χ4v) is 2.61. The summed E-state index contributed by atoms with van der Waals surface area (Å²) < 4.78 is 22.7. The zero-order chi connectivity index (χ0) is 8.70. The molecule has 1 rings (SSSR count). The third-order valence-corrected chi connectivity index (χ3v) is 3.28. The van der Waals surface area contributed by atoms with Gasteiger partial charge in [0.1, 0.15) is 11.8 Å². The van der Waals surface area contributed by atoms with Crippen molar-refractivity contribution in [3.8, 4) is 0 Å². The second-order valence-electron chi connectivity index (χ2n) is 3.84. The van der Waals surface area contributed by atoms with E-state index in [1.807, 2.05) is 21.1 Å². The number of sulfone groups is 1. The molecule has 64 valence electrons. The molecule has 0 radical (unpaired) electrons. The summed E-state index contributed by atoms with van der Waals surface area (Å²) >= 11 is 0. The molecule has 1 heterocycles. The highest BCUT2D eigenvalue weighted by atomic mass is 32.2. The maximum absolute atomic E-state index is 11.0. The molecular formula is C7H14NO2S+. The van der Waals surface area contributed by atoms with Crippen LogP contribution >= 0.6 is 0 Å². The minimum absolute atomic E-state index is 0.125. The molecule has 0 N–H and O–H groups in total. The largest absolute Gasteiger partial charge is 0.324 e. The Morgan fingerprint density at radius 2 is 1.91 bits per heavy atom. The molecule has 0 fully saturated rings. The van der Waals surface area contributed by atoms with Crippen LogP contribution in [0.1, 0.15) is 0 Å². The van der Waals surface area contributed by atoms with E-state index in [0.29, 0.717) is 4.48 Å². The van der Waals surface area contributed by atoms with Crippen molar-refractivity contribution in [3.63, 3.8) is 0 Å². The first kappa shape index (κ1) is 8.74. The number of quaternary nitrogens is 1. The molecule has 1 aliphatic rings. The molecule has 0 bridgehead atoms. The van der Waals surface area contributed by atoms with E-state index in [1.54, 1.807) is 6.08 Å². The van der Waals surface area contributed by atoms with Crippen molar-refractivity contribution >= 4 is 9.84 Å². The van der Waals surface area contributed by atoms with Gasteiger partial charge in [-0.2, -0.15) is 0 Å². The Morgan fingerprint density at radius 1 is 1.36 bits per heavy atom. The lowest BCUT2D eigenvalue weighted by Gasteiger charge is -2.29. The molecule has 0 aromatic carbocycles. The van der Waals surface area contributed by atoms with Crippen LogP contribution in [0.25, 0.3) is 0 Å². The average Bonchev–Trinajstić information content (AvgIpc) is 2.07. The van der Waals surface area contributed by atoms with Crippen LogP contribution < -0.4 is 0 Å². The number of nitrogens with zero attached hydrogens (tertiary/aromatic N) is 1. The van der Waals surface area contributed by atoms with Gasteiger partial charge in [0, 0.05) is 5.41 Å².